The normalized spacial score (nSPS) is 13.6. The third-order valence-corrected chi connectivity index (χ3v) is 1.32. The Balaban J connectivity index is 3.70. The predicted octanol–water partition coefficient (Wildman–Crippen LogP) is 1.82. The molecule has 0 atom stereocenters. The van der Waals surface area contributed by atoms with Crippen LogP contribution in [0.2, 0.25) is 0 Å². The van der Waals surface area contributed by atoms with Crippen LogP contribution in [0.25, 0.3) is 0 Å². The lowest BCUT2D eigenvalue weighted by atomic mass is 9.96. The second-order valence-electron chi connectivity index (χ2n) is 4.72. The van der Waals surface area contributed by atoms with Crippen LogP contribution in [0.4, 0.5) is 0 Å². The van der Waals surface area contributed by atoms with Crippen LogP contribution < -0.4 is 0 Å². The van der Waals surface area contributed by atoms with Crippen LogP contribution in [-0.4, -0.2) is 23.9 Å². The highest BCUT2D eigenvalue weighted by molar-refractivity contribution is 4.68. The highest BCUT2D eigenvalue weighted by Crippen LogP contribution is 2.18. The molecule has 0 aromatic rings. The molecule has 1 N–H and O–H groups in total. The molecule has 0 saturated carbocycles. The third-order valence-electron chi connectivity index (χ3n) is 1.32. The lowest BCUT2D eigenvalue weighted by Crippen LogP contribution is -2.30. The van der Waals surface area contributed by atoms with Crippen LogP contribution in [0.3, 0.4) is 0 Å². The minimum absolute atomic E-state index is 0.105. The summed E-state index contributed by atoms with van der Waals surface area (Å²) in [7, 11) is 0. The lowest BCUT2D eigenvalue weighted by Gasteiger charge is -2.27. The van der Waals surface area contributed by atoms with Gasteiger partial charge in [0.2, 0.25) is 0 Å². The van der Waals surface area contributed by atoms with E-state index in [2.05, 4.69) is 0 Å². The molecule has 2 heteroatoms. The van der Waals surface area contributed by atoms with Crippen LogP contribution in [-0.2, 0) is 4.74 Å². The zero-order chi connectivity index (χ0) is 9.12. The van der Waals surface area contributed by atoms with Crippen LogP contribution in [0.1, 0.15) is 34.6 Å². The maximum atomic E-state index is 8.91. The Morgan fingerprint density at radius 1 is 1.09 bits per heavy atom. The average Bonchev–Trinajstić information content (AvgIpc) is 1.83. The molecule has 0 spiro atoms. The van der Waals surface area contributed by atoms with Gasteiger partial charge >= 0.3 is 0 Å². The van der Waals surface area contributed by atoms with E-state index in [-0.39, 0.29) is 17.6 Å². The van der Waals surface area contributed by atoms with E-state index in [1.807, 2.05) is 34.6 Å². The molecule has 0 bridgehead atoms. The van der Waals surface area contributed by atoms with Crippen molar-refractivity contribution in [1.82, 2.24) is 0 Å². The Hall–Kier alpha value is -0.0800. The summed E-state index contributed by atoms with van der Waals surface area (Å²) in [6.07, 6.45) is 0. The minimum Gasteiger partial charge on any atom is -0.396 e. The van der Waals surface area contributed by atoms with Crippen molar-refractivity contribution < 1.29 is 9.84 Å². The minimum atomic E-state index is -0.118. The van der Waals surface area contributed by atoms with E-state index in [4.69, 9.17) is 9.84 Å². The Morgan fingerprint density at radius 3 is 1.82 bits per heavy atom. The van der Waals surface area contributed by atoms with E-state index < -0.39 is 0 Å². The van der Waals surface area contributed by atoms with Gasteiger partial charge in [0.05, 0.1) is 18.8 Å². The van der Waals surface area contributed by atoms with Gasteiger partial charge in [0.15, 0.2) is 0 Å². The van der Waals surface area contributed by atoms with Crippen LogP contribution >= 0.6 is 0 Å². The summed E-state index contributed by atoms with van der Waals surface area (Å²) >= 11 is 0. The van der Waals surface area contributed by atoms with Gasteiger partial charge in [-0.2, -0.15) is 0 Å². The molecule has 0 radical (unpaired) electrons. The first-order chi connectivity index (χ1) is 4.77. The quantitative estimate of drug-likeness (QED) is 0.682. The second kappa shape index (κ2) is 3.55. The van der Waals surface area contributed by atoms with E-state index in [1.54, 1.807) is 0 Å². The van der Waals surface area contributed by atoms with Crippen molar-refractivity contribution in [1.29, 1.82) is 0 Å². The summed E-state index contributed by atoms with van der Waals surface area (Å²) < 4.78 is 5.52. The molecule has 0 aliphatic rings. The molecule has 0 unspecified atom stereocenters. The van der Waals surface area contributed by atoms with E-state index in [1.165, 1.54) is 0 Å². The summed E-state index contributed by atoms with van der Waals surface area (Å²) in [6, 6.07) is 0. The molecular formula is C9H20O2. The zero-order valence-corrected chi connectivity index (χ0v) is 8.27. The number of ether oxygens (including phenoxy) is 1. The molecular weight excluding hydrogens is 140 g/mol. The topological polar surface area (TPSA) is 29.5 Å². The zero-order valence-electron chi connectivity index (χ0n) is 8.27. The third kappa shape index (κ3) is 6.32. The number of hydrogen-bond acceptors (Lipinski definition) is 2. The molecule has 68 valence electrons. The summed E-state index contributed by atoms with van der Waals surface area (Å²) in [5.74, 6) is 0. The van der Waals surface area contributed by atoms with Gasteiger partial charge in [-0.1, -0.05) is 13.8 Å². The number of hydrogen-bond donors (Lipinski definition) is 1. The molecule has 0 aliphatic carbocycles. The first kappa shape index (κ1) is 10.9. The predicted molar refractivity (Wildman–Crippen MR) is 46.6 cm³/mol. The van der Waals surface area contributed by atoms with Crippen molar-refractivity contribution in [2.24, 2.45) is 5.41 Å². The van der Waals surface area contributed by atoms with Crippen molar-refractivity contribution in [3.63, 3.8) is 0 Å². The molecule has 0 rings (SSSR count). The SMILES string of the molecule is CC(C)(CO)COC(C)(C)C. The van der Waals surface area contributed by atoms with Crippen molar-refractivity contribution >= 4 is 0 Å². The fourth-order valence-corrected chi connectivity index (χ4v) is 0.458. The van der Waals surface area contributed by atoms with Gasteiger partial charge in [-0.3, -0.25) is 0 Å². The molecule has 0 amide bonds. The van der Waals surface area contributed by atoms with E-state index in [0.29, 0.717) is 6.61 Å². The first-order valence-corrected chi connectivity index (χ1v) is 4.02. The fourth-order valence-electron chi connectivity index (χ4n) is 0.458. The van der Waals surface area contributed by atoms with Crippen LogP contribution in [0.15, 0.2) is 0 Å². The van der Waals surface area contributed by atoms with E-state index in [0.717, 1.165) is 0 Å². The summed E-state index contributed by atoms with van der Waals surface area (Å²) in [5.41, 5.74) is -0.222. The van der Waals surface area contributed by atoms with Gasteiger partial charge in [-0.25, -0.2) is 0 Å². The smallest absolute Gasteiger partial charge is 0.0598 e. The maximum Gasteiger partial charge on any atom is 0.0598 e. The van der Waals surface area contributed by atoms with Crippen LogP contribution in [0.5, 0.6) is 0 Å². The molecule has 0 saturated heterocycles. The summed E-state index contributed by atoms with van der Waals surface area (Å²) in [4.78, 5) is 0. The molecule has 0 aliphatic heterocycles. The van der Waals surface area contributed by atoms with Crippen LogP contribution in [0, 0.1) is 5.41 Å². The Kier molecular flexibility index (Phi) is 3.52. The molecule has 0 fully saturated rings. The molecule has 0 heterocycles. The standard InChI is InChI=1S/C9H20O2/c1-8(2,3)11-7-9(4,5)6-10/h10H,6-7H2,1-5H3. The Labute approximate surface area is 69.6 Å². The molecule has 0 aromatic heterocycles. The van der Waals surface area contributed by atoms with Gasteiger partial charge in [0.25, 0.3) is 0 Å². The summed E-state index contributed by atoms with van der Waals surface area (Å²) in [5, 5.41) is 8.91. The van der Waals surface area contributed by atoms with Gasteiger partial charge in [0.1, 0.15) is 0 Å². The van der Waals surface area contributed by atoms with Crippen molar-refractivity contribution in [3.05, 3.63) is 0 Å². The molecule has 11 heavy (non-hydrogen) atoms. The monoisotopic (exact) mass is 160 g/mol. The number of aliphatic hydroxyl groups excluding tert-OH is 1. The Bertz CT molecular complexity index is 111. The largest absolute Gasteiger partial charge is 0.396 e. The molecule has 2 nitrogen and oxygen atoms in total. The van der Waals surface area contributed by atoms with Gasteiger partial charge in [-0.05, 0) is 20.8 Å². The van der Waals surface area contributed by atoms with Gasteiger partial charge < -0.3 is 9.84 Å². The highest BCUT2D eigenvalue weighted by atomic mass is 16.5. The number of rotatable bonds is 3. The first-order valence-electron chi connectivity index (χ1n) is 4.02. The van der Waals surface area contributed by atoms with Gasteiger partial charge in [-0.15, -0.1) is 0 Å². The molecule has 0 aromatic carbocycles. The van der Waals surface area contributed by atoms with Crippen molar-refractivity contribution in [2.75, 3.05) is 13.2 Å². The van der Waals surface area contributed by atoms with Crippen molar-refractivity contribution in [2.45, 2.75) is 40.2 Å². The highest BCUT2D eigenvalue weighted by Gasteiger charge is 2.20. The van der Waals surface area contributed by atoms with E-state index in [9.17, 15) is 0 Å². The fraction of sp³-hybridized carbons (Fsp3) is 1.00. The number of aliphatic hydroxyl groups is 1. The second-order valence-corrected chi connectivity index (χ2v) is 4.72. The van der Waals surface area contributed by atoms with Crippen molar-refractivity contribution in [3.8, 4) is 0 Å². The summed E-state index contributed by atoms with van der Waals surface area (Å²) in [6.45, 7) is 10.8. The average molecular weight is 160 g/mol. The maximum absolute atomic E-state index is 8.91. The van der Waals surface area contributed by atoms with Gasteiger partial charge in [0, 0.05) is 5.41 Å². The lowest BCUT2D eigenvalue weighted by molar-refractivity contribution is -0.0559. The Morgan fingerprint density at radius 2 is 1.55 bits per heavy atom. The van der Waals surface area contributed by atoms with E-state index >= 15 is 0 Å².